The Hall–Kier alpha value is -2.41. The Kier molecular flexibility index (Phi) is 6.13. The van der Waals surface area contributed by atoms with Crippen LogP contribution in [0.25, 0.3) is 10.1 Å². The first-order valence-electron chi connectivity index (χ1n) is 10.4. The number of fused-ring (bicyclic) bond motifs is 1. The summed E-state index contributed by atoms with van der Waals surface area (Å²) in [6.45, 7) is 3.12. The molecule has 2 aliphatic heterocycles. The molecule has 2 saturated heterocycles. The van der Waals surface area contributed by atoms with Crippen molar-refractivity contribution in [2.45, 2.75) is 38.6 Å². The molecule has 0 spiro atoms. The maximum absolute atomic E-state index is 12.7. The third-order valence-corrected chi connectivity index (χ3v) is 6.78. The molecule has 0 saturated carbocycles. The molecule has 1 N–H and O–H groups in total. The van der Waals surface area contributed by atoms with Crippen LogP contribution in [0.1, 0.15) is 37.7 Å². The number of benzene rings is 1. The first kappa shape index (κ1) is 19.9. The third-order valence-electron chi connectivity index (χ3n) is 5.88. The van der Waals surface area contributed by atoms with Crippen molar-refractivity contribution in [2.75, 3.05) is 26.2 Å². The molecule has 29 heavy (non-hydrogen) atoms. The van der Waals surface area contributed by atoms with Gasteiger partial charge in [-0.15, -0.1) is 11.3 Å². The first-order chi connectivity index (χ1) is 14.1. The van der Waals surface area contributed by atoms with Crippen LogP contribution in [0.15, 0.2) is 29.6 Å². The molecule has 2 aromatic rings. The van der Waals surface area contributed by atoms with Crippen molar-refractivity contribution in [3.63, 3.8) is 0 Å². The predicted molar refractivity (Wildman–Crippen MR) is 113 cm³/mol. The fraction of sp³-hybridized carbons (Fsp3) is 0.500. The summed E-state index contributed by atoms with van der Waals surface area (Å²) in [6.07, 6.45) is 3.37. The summed E-state index contributed by atoms with van der Waals surface area (Å²) >= 11 is 1.71. The Morgan fingerprint density at radius 1 is 1.10 bits per heavy atom. The second-order valence-corrected chi connectivity index (χ2v) is 8.87. The zero-order valence-electron chi connectivity index (χ0n) is 16.6. The standard InChI is InChI=1S/C22H27N3O3S/c26-20-3-1-9-24(20)10-2-11-25-15-18(5-7-21(25)27)22(28)23-14-16-4-6-19-17(13-16)8-12-29-19/h4,6,8,12-13,18H,1-3,5,7,9-11,14-15H2,(H,23,28). The first-order valence-corrected chi connectivity index (χ1v) is 11.3. The maximum atomic E-state index is 12.7. The van der Waals surface area contributed by atoms with Gasteiger partial charge in [-0.3, -0.25) is 14.4 Å². The zero-order chi connectivity index (χ0) is 20.2. The fourth-order valence-corrected chi connectivity index (χ4v) is 4.97. The molecule has 0 bridgehead atoms. The Bertz CT molecular complexity index is 910. The van der Waals surface area contributed by atoms with Gasteiger partial charge >= 0.3 is 0 Å². The quantitative estimate of drug-likeness (QED) is 0.759. The van der Waals surface area contributed by atoms with E-state index in [4.69, 9.17) is 0 Å². The highest BCUT2D eigenvalue weighted by atomic mass is 32.1. The Morgan fingerprint density at radius 2 is 1.93 bits per heavy atom. The lowest BCUT2D eigenvalue weighted by Gasteiger charge is -2.32. The van der Waals surface area contributed by atoms with Gasteiger partial charge in [0.1, 0.15) is 0 Å². The van der Waals surface area contributed by atoms with Crippen molar-refractivity contribution >= 4 is 39.1 Å². The third kappa shape index (κ3) is 4.78. The second-order valence-electron chi connectivity index (χ2n) is 7.92. The highest BCUT2D eigenvalue weighted by molar-refractivity contribution is 7.17. The van der Waals surface area contributed by atoms with E-state index in [0.29, 0.717) is 45.4 Å². The predicted octanol–water partition coefficient (Wildman–Crippen LogP) is 2.77. The van der Waals surface area contributed by atoms with E-state index in [1.165, 1.54) is 10.1 Å². The summed E-state index contributed by atoms with van der Waals surface area (Å²) in [5, 5.41) is 6.31. The van der Waals surface area contributed by atoms with Gasteiger partial charge in [0.25, 0.3) is 0 Å². The number of rotatable bonds is 7. The van der Waals surface area contributed by atoms with Crippen LogP contribution >= 0.6 is 11.3 Å². The molecule has 0 aliphatic carbocycles. The lowest BCUT2D eigenvalue weighted by molar-refractivity contribution is -0.138. The molecule has 1 aromatic carbocycles. The molecule has 7 heteroatoms. The largest absolute Gasteiger partial charge is 0.352 e. The lowest BCUT2D eigenvalue weighted by Crippen LogP contribution is -2.46. The van der Waals surface area contributed by atoms with E-state index >= 15 is 0 Å². The highest BCUT2D eigenvalue weighted by Crippen LogP contribution is 2.22. The average Bonchev–Trinajstić information content (AvgIpc) is 3.36. The van der Waals surface area contributed by atoms with E-state index in [-0.39, 0.29) is 23.6 Å². The van der Waals surface area contributed by atoms with Crippen molar-refractivity contribution in [1.29, 1.82) is 0 Å². The zero-order valence-corrected chi connectivity index (χ0v) is 17.4. The Morgan fingerprint density at radius 3 is 2.76 bits per heavy atom. The number of hydrogen-bond donors (Lipinski definition) is 1. The van der Waals surface area contributed by atoms with E-state index in [9.17, 15) is 14.4 Å². The molecule has 6 nitrogen and oxygen atoms in total. The van der Waals surface area contributed by atoms with Gasteiger partial charge in [-0.2, -0.15) is 0 Å². The van der Waals surface area contributed by atoms with E-state index in [2.05, 4.69) is 35.0 Å². The van der Waals surface area contributed by atoms with Crippen LogP contribution in [0.4, 0.5) is 0 Å². The molecule has 1 atom stereocenters. The number of piperidine rings is 1. The normalized spacial score (nSPS) is 19.9. The smallest absolute Gasteiger partial charge is 0.225 e. The van der Waals surface area contributed by atoms with Gasteiger partial charge in [0.15, 0.2) is 0 Å². The van der Waals surface area contributed by atoms with Crippen LogP contribution < -0.4 is 5.32 Å². The van der Waals surface area contributed by atoms with Crippen LogP contribution in [0.2, 0.25) is 0 Å². The van der Waals surface area contributed by atoms with Crippen LogP contribution in [0.5, 0.6) is 0 Å². The van der Waals surface area contributed by atoms with E-state index in [0.717, 1.165) is 24.9 Å². The number of nitrogens with one attached hydrogen (secondary N) is 1. The lowest BCUT2D eigenvalue weighted by atomic mass is 9.96. The van der Waals surface area contributed by atoms with Crippen molar-refractivity contribution in [1.82, 2.24) is 15.1 Å². The van der Waals surface area contributed by atoms with E-state index in [1.807, 2.05) is 4.90 Å². The van der Waals surface area contributed by atoms with Gasteiger partial charge in [-0.1, -0.05) is 6.07 Å². The van der Waals surface area contributed by atoms with Crippen molar-refractivity contribution < 1.29 is 14.4 Å². The van der Waals surface area contributed by atoms with Crippen molar-refractivity contribution in [2.24, 2.45) is 5.92 Å². The molecule has 4 rings (SSSR count). The summed E-state index contributed by atoms with van der Waals surface area (Å²) in [5.41, 5.74) is 1.09. The van der Waals surface area contributed by atoms with Crippen molar-refractivity contribution in [3.05, 3.63) is 35.2 Å². The molecular formula is C22H27N3O3S. The fourth-order valence-electron chi connectivity index (χ4n) is 4.20. The molecule has 2 aliphatic rings. The topological polar surface area (TPSA) is 69.7 Å². The number of nitrogens with zero attached hydrogens (tertiary/aromatic N) is 2. The number of carbonyl (C=O) groups excluding carboxylic acids is 3. The van der Waals surface area contributed by atoms with Gasteiger partial charge in [0.2, 0.25) is 17.7 Å². The molecule has 1 aromatic heterocycles. The second kappa shape index (κ2) is 8.95. The van der Waals surface area contributed by atoms with E-state index in [1.54, 1.807) is 16.2 Å². The Labute approximate surface area is 174 Å². The molecule has 1 unspecified atom stereocenters. The van der Waals surface area contributed by atoms with Gasteiger partial charge in [0, 0.05) is 50.3 Å². The summed E-state index contributed by atoms with van der Waals surface area (Å²) in [4.78, 5) is 40.3. The number of hydrogen-bond acceptors (Lipinski definition) is 4. The van der Waals surface area contributed by atoms with E-state index < -0.39 is 0 Å². The molecule has 3 heterocycles. The number of carbonyl (C=O) groups is 3. The van der Waals surface area contributed by atoms with Gasteiger partial charge in [-0.25, -0.2) is 0 Å². The van der Waals surface area contributed by atoms with Gasteiger partial charge in [-0.05, 0) is 53.8 Å². The minimum absolute atomic E-state index is 0.0163. The summed E-state index contributed by atoms with van der Waals surface area (Å²) in [5.74, 6) is 0.186. The van der Waals surface area contributed by atoms with Gasteiger partial charge in [0.05, 0.1) is 5.92 Å². The maximum Gasteiger partial charge on any atom is 0.225 e. The minimum atomic E-state index is -0.161. The van der Waals surface area contributed by atoms with Crippen LogP contribution in [0, 0.1) is 5.92 Å². The molecule has 154 valence electrons. The summed E-state index contributed by atoms with van der Waals surface area (Å²) < 4.78 is 1.25. The highest BCUT2D eigenvalue weighted by Gasteiger charge is 2.30. The van der Waals surface area contributed by atoms with Crippen LogP contribution in [-0.2, 0) is 20.9 Å². The molecule has 0 radical (unpaired) electrons. The number of likely N-dealkylation sites (tertiary alicyclic amines) is 2. The number of amides is 3. The monoisotopic (exact) mass is 413 g/mol. The molecular weight excluding hydrogens is 386 g/mol. The SMILES string of the molecule is O=C(NCc1ccc2sccc2c1)C1CCC(=O)N(CCCN2CCCC2=O)C1. The minimum Gasteiger partial charge on any atom is -0.352 e. The number of thiophene rings is 1. The summed E-state index contributed by atoms with van der Waals surface area (Å²) in [6, 6.07) is 8.34. The molecule has 2 fully saturated rings. The van der Waals surface area contributed by atoms with Crippen molar-refractivity contribution in [3.8, 4) is 0 Å². The Balaban J connectivity index is 1.25. The summed E-state index contributed by atoms with van der Waals surface area (Å²) in [7, 11) is 0. The average molecular weight is 414 g/mol. The molecule has 3 amide bonds. The van der Waals surface area contributed by atoms with Crippen LogP contribution in [0.3, 0.4) is 0 Å². The van der Waals surface area contributed by atoms with Crippen LogP contribution in [-0.4, -0.2) is 53.7 Å². The van der Waals surface area contributed by atoms with Gasteiger partial charge < -0.3 is 15.1 Å².